The highest BCUT2D eigenvalue weighted by molar-refractivity contribution is 5.87. The minimum Gasteiger partial charge on any atom is -0.491 e. The number of nitrogens with one attached hydrogen (secondary N) is 1. The molecule has 2 rings (SSSR count). The molecule has 6 heteroatoms. The van der Waals surface area contributed by atoms with Crippen molar-refractivity contribution in [2.45, 2.75) is 26.8 Å². The summed E-state index contributed by atoms with van der Waals surface area (Å²) in [6.07, 6.45) is 0. The van der Waals surface area contributed by atoms with Crippen LogP contribution < -0.4 is 10.1 Å². The van der Waals surface area contributed by atoms with Gasteiger partial charge in [-0.1, -0.05) is 13.8 Å². The number of fused-ring (bicyclic) bond motifs is 1. The fourth-order valence-electron chi connectivity index (χ4n) is 2.05. The van der Waals surface area contributed by atoms with Gasteiger partial charge in [0.25, 0.3) is 5.69 Å². The number of pyridine rings is 1. The monoisotopic (exact) mass is 289 g/mol. The van der Waals surface area contributed by atoms with E-state index in [9.17, 15) is 10.1 Å². The zero-order chi connectivity index (χ0) is 15.4. The number of hydrogen-bond donors (Lipinski definition) is 1. The van der Waals surface area contributed by atoms with Crippen molar-refractivity contribution in [2.75, 3.05) is 13.2 Å². The van der Waals surface area contributed by atoms with Gasteiger partial charge in [-0.05, 0) is 13.0 Å². The molecule has 0 amide bonds. The Morgan fingerprint density at radius 1 is 1.38 bits per heavy atom. The zero-order valence-electron chi connectivity index (χ0n) is 12.4. The second kappa shape index (κ2) is 6.49. The molecule has 112 valence electrons. The van der Waals surface area contributed by atoms with Crippen molar-refractivity contribution in [1.29, 1.82) is 0 Å². The predicted octanol–water partition coefficient (Wildman–Crippen LogP) is 2.83. The Balaban J connectivity index is 2.27. The molecule has 0 aliphatic heterocycles. The van der Waals surface area contributed by atoms with Crippen molar-refractivity contribution in [3.8, 4) is 5.75 Å². The summed E-state index contributed by atoms with van der Waals surface area (Å²) < 4.78 is 5.76. The van der Waals surface area contributed by atoms with Gasteiger partial charge in [0.2, 0.25) is 0 Å². The maximum Gasteiger partial charge on any atom is 0.270 e. The summed E-state index contributed by atoms with van der Waals surface area (Å²) in [4.78, 5) is 14.9. The molecule has 0 spiro atoms. The third-order valence-electron chi connectivity index (χ3n) is 3.01. The number of benzene rings is 1. The van der Waals surface area contributed by atoms with E-state index in [1.165, 1.54) is 12.1 Å². The van der Waals surface area contributed by atoms with E-state index < -0.39 is 4.92 Å². The van der Waals surface area contributed by atoms with E-state index in [-0.39, 0.29) is 5.69 Å². The van der Waals surface area contributed by atoms with Gasteiger partial charge in [-0.3, -0.25) is 15.1 Å². The molecule has 0 unspecified atom stereocenters. The average molecular weight is 289 g/mol. The van der Waals surface area contributed by atoms with Crippen LogP contribution in [-0.4, -0.2) is 29.1 Å². The van der Waals surface area contributed by atoms with Crippen molar-refractivity contribution in [2.24, 2.45) is 0 Å². The molecular formula is C15H19N3O3. The van der Waals surface area contributed by atoms with Gasteiger partial charge in [-0.25, -0.2) is 0 Å². The van der Waals surface area contributed by atoms with Crippen LogP contribution in [0.1, 0.15) is 19.5 Å². The highest BCUT2D eigenvalue weighted by Crippen LogP contribution is 2.28. The van der Waals surface area contributed by atoms with E-state index in [1.807, 2.05) is 6.92 Å². The van der Waals surface area contributed by atoms with Crippen LogP contribution in [0.25, 0.3) is 10.9 Å². The lowest BCUT2D eigenvalue weighted by Gasteiger charge is -2.12. The van der Waals surface area contributed by atoms with Crippen molar-refractivity contribution >= 4 is 16.6 Å². The maximum atomic E-state index is 10.9. The molecule has 1 N–H and O–H groups in total. The smallest absolute Gasteiger partial charge is 0.270 e. The Bertz CT molecular complexity index is 656. The fourth-order valence-corrected chi connectivity index (χ4v) is 2.05. The lowest BCUT2D eigenvalue weighted by molar-refractivity contribution is -0.384. The number of rotatable bonds is 6. The minimum atomic E-state index is -0.413. The van der Waals surface area contributed by atoms with Crippen molar-refractivity contribution in [1.82, 2.24) is 10.3 Å². The lowest BCUT2D eigenvalue weighted by atomic mass is 10.1. The molecule has 0 fully saturated rings. The van der Waals surface area contributed by atoms with Gasteiger partial charge in [0.15, 0.2) is 0 Å². The topological polar surface area (TPSA) is 77.3 Å². The minimum absolute atomic E-state index is 0.0401. The van der Waals surface area contributed by atoms with Crippen LogP contribution in [0, 0.1) is 17.0 Å². The predicted molar refractivity (Wildman–Crippen MR) is 81.8 cm³/mol. The van der Waals surface area contributed by atoms with Crippen LogP contribution in [0.4, 0.5) is 5.69 Å². The average Bonchev–Trinajstić information content (AvgIpc) is 2.42. The van der Waals surface area contributed by atoms with E-state index in [0.717, 1.165) is 12.2 Å². The first-order valence-corrected chi connectivity index (χ1v) is 6.89. The lowest BCUT2D eigenvalue weighted by Crippen LogP contribution is -2.27. The summed E-state index contributed by atoms with van der Waals surface area (Å²) in [6.45, 7) is 7.22. The van der Waals surface area contributed by atoms with E-state index in [2.05, 4.69) is 24.1 Å². The Labute approximate surface area is 123 Å². The second-order valence-electron chi connectivity index (χ2n) is 5.18. The van der Waals surface area contributed by atoms with Crippen molar-refractivity contribution in [3.63, 3.8) is 0 Å². The van der Waals surface area contributed by atoms with Crippen molar-refractivity contribution in [3.05, 3.63) is 40.1 Å². The Hall–Kier alpha value is -2.21. The first kappa shape index (κ1) is 15.2. The van der Waals surface area contributed by atoms with Gasteiger partial charge in [0.05, 0.1) is 10.4 Å². The van der Waals surface area contributed by atoms with Gasteiger partial charge in [0, 0.05) is 41.9 Å². The fraction of sp³-hybridized carbons (Fsp3) is 0.400. The molecule has 0 aliphatic rings. The molecule has 0 radical (unpaired) electrons. The first-order valence-electron chi connectivity index (χ1n) is 6.89. The summed E-state index contributed by atoms with van der Waals surface area (Å²) in [5.41, 5.74) is 1.56. The molecule has 1 heterocycles. The van der Waals surface area contributed by atoms with Crippen LogP contribution >= 0.6 is 0 Å². The van der Waals surface area contributed by atoms with Crippen LogP contribution in [-0.2, 0) is 0 Å². The van der Waals surface area contributed by atoms with E-state index in [4.69, 9.17) is 4.74 Å². The van der Waals surface area contributed by atoms with Crippen LogP contribution in [0.2, 0.25) is 0 Å². The van der Waals surface area contributed by atoms with Crippen LogP contribution in [0.3, 0.4) is 0 Å². The normalized spacial score (nSPS) is 11.0. The van der Waals surface area contributed by atoms with E-state index >= 15 is 0 Å². The van der Waals surface area contributed by atoms with Gasteiger partial charge >= 0.3 is 0 Å². The number of hydrogen-bond acceptors (Lipinski definition) is 5. The van der Waals surface area contributed by atoms with Gasteiger partial charge < -0.3 is 10.1 Å². The molecule has 0 aliphatic carbocycles. The first-order chi connectivity index (χ1) is 9.97. The van der Waals surface area contributed by atoms with Crippen LogP contribution in [0.5, 0.6) is 5.75 Å². The van der Waals surface area contributed by atoms with Gasteiger partial charge in [-0.2, -0.15) is 0 Å². The van der Waals surface area contributed by atoms with E-state index in [0.29, 0.717) is 29.3 Å². The van der Waals surface area contributed by atoms with Gasteiger partial charge in [0.1, 0.15) is 12.4 Å². The maximum absolute atomic E-state index is 10.9. The Morgan fingerprint density at radius 3 is 2.81 bits per heavy atom. The Kier molecular flexibility index (Phi) is 4.70. The highest BCUT2D eigenvalue weighted by atomic mass is 16.6. The summed E-state index contributed by atoms with van der Waals surface area (Å²) in [7, 11) is 0. The molecule has 1 aromatic heterocycles. The summed E-state index contributed by atoms with van der Waals surface area (Å²) in [5, 5.41) is 14.8. The summed E-state index contributed by atoms with van der Waals surface area (Å²) >= 11 is 0. The number of aromatic nitrogens is 1. The highest BCUT2D eigenvalue weighted by Gasteiger charge is 2.11. The SMILES string of the molecule is Cc1cc(OCCNC(C)C)c2cc([N+](=O)[O-])ccc2n1. The quantitative estimate of drug-likeness (QED) is 0.502. The molecule has 0 bridgehead atoms. The number of non-ortho nitro benzene ring substituents is 1. The standard InChI is InChI=1S/C15H19N3O3/c1-10(2)16-6-7-21-15-8-11(3)17-14-5-4-12(18(19)20)9-13(14)15/h4-5,8-10,16H,6-7H2,1-3H3. The molecule has 1 aromatic carbocycles. The summed E-state index contributed by atoms with van der Waals surface area (Å²) in [5.74, 6) is 0.631. The van der Waals surface area contributed by atoms with Crippen LogP contribution in [0.15, 0.2) is 24.3 Å². The third kappa shape index (κ3) is 3.88. The Morgan fingerprint density at radius 2 is 2.14 bits per heavy atom. The van der Waals surface area contributed by atoms with Crippen molar-refractivity contribution < 1.29 is 9.66 Å². The summed E-state index contributed by atoms with van der Waals surface area (Å²) in [6, 6.07) is 6.82. The zero-order valence-corrected chi connectivity index (χ0v) is 12.4. The van der Waals surface area contributed by atoms with E-state index in [1.54, 1.807) is 12.1 Å². The molecule has 0 atom stereocenters. The largest absolute Gasteiger partial charge is 0.491 e. The third-order valence-corrected chi connectivity index (χ3v) is 3.01. The molecule has 0 saturated heterocycles. The number of nitro benzene ring substituents is 1. The number of nitrogens with zero attached hydrogens (tertiary/aromatic N) is 2. The second-order valence-corrected chi connectivity index (χ2v) is 5.18. The molecule has 0 saturated carbocycles. The number of aryl methyl sites for hydroxylation is 1. The number of nitro groups is 1. The van der Waals surface area contributed by atoms with Gasteiger partial charge in [-0.15, -0.1) is 0 Å². The molecule has 21 heavy (non-hydrogen) atoms. The number of ether oxygens (including phenoxy) is 1. The molecule has 6 nitrogen and oxygen atoms in total. The molecule has 2 aromatic rings. The molecular weight excluding hydrogens is 270 g/mol.